The smallest absolute Gasteiger partial charge is 0.410 e. The average molecular weight is 391 g/mol. The Hall–Kier alpha value is -1.27. The molecule has 0 aromatic heterocycles. The number of ether oxygens (including phenoxy) is 1. The molecule has 0 bridgehead atoms. The SMILES string of the molecule is C=CN1CCC(N2CCCOC2=O)CC1C1CC2(CCN(C)CC2)CCN1C. The number of hydrogen-bond donors (Lipinski definition) is 0. The van der Waals surface area contributed by atoms with E-state index in [0.29, 0.717) is 30.1 Å². The summed E-state index contributed by atoms with van der Waals surface area (Å²) in [6.45, 7) is 10.2. The number of amides is 1. The second-order valence-corrected chi connectivity index (χ2v) is 9.63. The van der Waals surface area contributed by atoms with Crippen molar-refractivity contribution < 1.29 is 9.53 Å². The van der Waals surface area contributed by atoms with Crippen LogP contribution in [-0.2, 0) is 4.74 Å². The number of likely N-dealkylation sites (N-methyl/N-ethyl adjacent to an activating group) is 1. The lowest BCUT2D eigenvalue weighted by atomic mass is 9.67. The first-order valence-corrected chi connectivity index (χ1v) is 11.2. The lowest BCUT2D eigenvalue weighted by Gasteiger charge is -2.54. The van der Waals surface area contributed by atoms with Crippen LogP contribution in [0.1, 0.15) is 44.9 Å². The molecule has 0 radical (unpaired) electrons. The molecule has 4 rings (SSSR count). The third-order valence-corrected chi connectivity index (χ3v) is 8.03. The van der Waals surface area contributed by atoms with Crippen LogP contribution >= 0.6 is 0 Å². The zero-order chi connectivity index (χ0) is 19.7. The van der Waals surface area contributed by atoms with Gasteiger partial charge in [0.15, 0.2) is 0 Å². The summed E-state index contributed by atoms with van der Waals surface area (Å²) in [7, 11) is 4.55. The molecule has 3 atom stereocenters. The van der Waals surface area contributed by atoms with Crippen molar-refractivity contribution in [3.63, 3.8) is 0 Å². The number of hydrogen-bond acceptors (Lipinski definition) is 5. The molecule has 6 heteroatoms. The number of piperidine rings is 3. The summed E-state index contributed by atoms with van der Waals surface area (Å²) in [6.07, 6.45) is 10.2. The fraction of sp³-hybridized carbons (Fsp3) is 0.864. The Morgan fingerprint density at radius 1 is 1.07 bits per heavy atom. The molecule has 4 saturated heterocycles. The number of cyclic esters (lactones) is 1. The van der Waals surface area contributed by atoms with Gasteiger partial charge < -0.3 is 24.3 Å². The highest BCUT2D eigenvalue weighted by atomic mass is 16.6. The molecule has 3 unspecified atom stereocenters. The summed E-state index contributed by atoms with van der Waals surface area (Å²) < 4.78 is 5.34. The van der Waals surface area contributed by atoms with E-state index in [4.69, 9.17) is 4.74 Å². The Morgan fingerprint density at radius 3 is 2.54 bits per heavy atom. The van der Waals surface area contributed by atoms with E-state index in [1.807, 2.05) is 11.1 Å². The molecule has 28 heavy (non-hydrogen) atoms. The molecule has 4 aliphatic rings. The summed E-state index contributed by atoms with van der Waals surface area (Å²) >= 11 is 0. The lowest BCUT2D eigenvalue weighted by Crippen LogP contribution is -2.61. The zero-order valence-corrected chi connectivity index (χ0v) is 17.8. The molecule has 4 fully saturated rings. The van der Waals surface area contributed by atoms with Crippen molar-refractivity contribution in [1.29, 1.82) is 0 Å². The van der Waals surface area contributed by atoms with Gasteiger partial charge in [0.25, 0.3) is 0 Å². The second-order valence-electron chi connectivity index (χ2n) is 9.63. The van der Waals surface area contributed by atoms with Crippen LogP contribution in [0.5, 0.6) is 0 Å². The van der Waals surface area contributed by atoms with E-state index in [-0.39, 0.29) is 6.09 Å². The topological polar surface area (TPSA) is 39.3 Å². The number of nitrogens with zero attached hydrogens (tertiary/aromatic N) is 4. The van der Waals surface area contributed by atoms with Crippen molar-refractivity contribution in [1.82, 2.24) is 19.6 Å². The summed E-state index contributed by atoms with van der Waals surface area (Å²) in [5.41, 5.74) is 0.507. The summed E-state index contributed by atoms with van der Waals surface area (Å²) in [4.78, 5) is 21.8. The number of carbonyl (C=O) groups is 1. The quantitative estimate of drug-likeness (QED) is 0.741. The minimum Gasteiger partial charge on any atom is -0.449 e. The fourth-order valence-corrected chi connectivity index (χ4v) is 6.04. The summed E-state index contributed by atoms with van der Waals surface area (Å²) in [5, 5.41) is 0. The minimum atomic E-state index is -0.106. The van der Waals surface area contributed by atoms with Gasteiger partial charge in [0, 0.05) is 31.2 Å². The molecule has 0 N–H and O–H groups in total. The highest BCUT2D eigenvalue weighted by Gasteiger charge is 2.46. The Kier molecular flexibility index (Phi) is 5.88. The monoisotopic (exact) mass is 390 g/mol. The second kappa shape index (κ2) is 8.23. The van der Waals surface area contributed by atoms with Crippen LogP contribution in [0.3, 0.4) is 0 Å². The molecule has 0 aromatic rings. The van der Waals surface area contributed by atoms with Crippen molar-refractivity contribution in [2.45, 2.75) is 63.1 Å². The van der Waals surface area contributed by atoms with Gasteiger partial charge in [-0.3, -0.25) is 0 Å². The Morgan fingerprint density at radius 2 is 1.82 bits per heavy atom. The largest absolute Gasteiger partial charge is 0.449 e. The number of likely N-dealkylation sites (tertiary alicyclic amines) is 3. The molecule has 6 nitrogen and oxygen atoms in total. The third kappa shape index (κ3) is 3.90. The first kappa shape index (κ1) is 20.0. The van der Waals surface area contributed by atoms with Gasteiger partial charge in [-0.05, 0) is 90.3 Å². The molecule has 0 aromatic carbocycles. The van der Waals surface area contributed by atoms with Gasteiger partial charge in [-0.2, -0.15) is 0 Å². The maximum atomic E-state index is 12.3. The van der Waals surface area contributed by atoms with Crippen LogP contribution in [0.25, 0.3) is 0 Å². The number of rotatable bonds is 3. The van der Waals surface area contributed by atoms with Gasteiger partial charge in [-0.25, -0.2) is 4.79 Å². The molecule has 158 valence electrons. The van der Waals surface area contributed by atoms with Crippen molar-refractivity contribution >= 4 is 6.09 Å². The maximum absolute atomic E-state index is 12.3. The predicted molar refractivity (Wildman–Crippen MR) is 111 cm³/mol. The van der Waals surface area contributed by atoms with E-state index in [9.17, 15) is 4.79 Å². The van der Waals surface area contributed by atoms with Gasteiger partial charge in [0.05, 0.1) is 6.61 Å². The average Bonchev–Trinajstić information content (AvgIpc) is 2.72. The maximum Gasteiger partial charge on any atom is 0.410 e. The highest BCUT2D eigenvalue weighted by molar-refractivity contribution is 5.68. The fourth-order valence-electron chi connectivity index (χ4n) is 6.04. The third-order valence-electron chi connectivity index (χ3n) is 8.03. The van der Waals surface area contributed by atoms with Gasteiger partial charge >= 0.3 is 6.09 Å². The Balaban J connectivity index is 1.50. The van der Waals surface area contributed by atoms with Crippen LogP contribution in [0.4, 0.5) is 4.79 Å². The number of carbonyl (C=O) groups excluding carboxylic acids is 1. The first-order chi connectivity index (χ1) is 13.5. The normalized spacial score (nSPS) is 35.1. The van der Waals surface area contributed by atoms with Gasteiger partial charge in [-0.15, -0.1) is 0 Å². The van der Waals surface area contributed by atoms with Crippen LogP contribution in [-0.4, -0.2) is 97.2 Å². The molecule has 1 spiro atoms. The first-order valence-electron chi connectivity index (χ1n) is 11.2. The molecule has 0 saturated carbocycles. The van der Waals surface area contributed by atoms with Crippen LogP contribution < -0.4 is 0 Å². The lowest BCUT2D eigenvalue weighted by molar-refractivity contribution is -0.0311. The minimum absolute atomic E-state index is 0.106. The van der Waals surface area contributed by atoms with Crippen molar-refractivity contribution in [2.24, 2.45) is 5.41 Å². The van der Waals surface area contributed by atoms with Crippen LogP contribution in [0, 0.1) is 5.41 Å². The van der Waals surface area contributed by atoms with E-state index in [2.05, 4.69) is 35.4 Å². The summed E-state index contributed by atoms with van der Waals surface area (Å²) in [6, 6.07) is 1.28. The van der Waals surface area contributed by atoms with E-state index < -0.39 is 0 Å². The Bertz CT molecular complexity index is 569. The van der Waals surface area contributed by atoms with Crippen molar-refractivity contribution in [3.05, 3.63) is 12.8 Å². The molecular formula is C22H38N4O2. The molecule has 1 amide bonds. The van der Waals surface area contributed by atoms with Crippen LogP contribution in [0.2, 0.25) is 0 Å². The van der Waals surface area contributed by atoms with Crippen molar-refractivity contribution in [3.8, 4) is 0 Å². The van der Waals surface area contributed by atoms with Crippen molar-refractivity contribution in [2.75, 3.05) is 53.4 Å². The molecule has 4 aliphatic heterocycles. The predicted octanol–water partition coefficient (Wildman–Crippen LogP) is 2.61. The molecular weight excluding hydrogens is 352 g/mol. The Labute approximate surface area is 170 Å². The van der Waals surface area contributed by atoms with E-state index in [1.54, 1.807) is 0 Å². The standard InChI is InChI=1S/C22H38N4O2/c1-4-25-11-6-18(26-10-5-15-28-21(26)27)16-19(25)20-17-22(9-14-24(20)3)7-12-23(2)13-8-22/h4,18-20H,1,5-17H2,2-3H3. The van der Waals surface area contributed by atoms with E-state index >= 15 is 0 Å². The molecule has 0 aliphatic carbocycles. The van der Waals surface area contributed by atoms with Gasteiger partial charge in [0.2, 0.25) is 0 Å². The zero-order valence-electron chi connectivity index (χ0n) is 17.8. The molecule has 4 heterocycles. The highest BCUT2D eigenvalue weighted by Crippen LogP contribution is 2.45. The van der Waals surface area contributed by atoms with E-state index in [1.165, 1.54) is 45.3 Å². The summed E-state index contributed by atoms with van der Waals surface area (Å²) in [5.74, 6) is 0. The van der Waals surface area contributed by atoms with Gasteiger partial charge in [-0.1, -0.05) is 6.58 Å². The van der Waals surface area contributed by atoms with Crippen LogP contribution in [0.15, 0.2) is 12.8 Å². The van der Waals surface area contributed by atoms with Gasteiger partial charge in [0.1, 0.15) is 0 Å². The van der Waals surface area contributed by atoms with E-state index in [0.717, 1.165) is 32.4 Å².